The molecular formula is C18H13ClFN3O3S. The maximum Gasteiger partial charge on any atom is 0.267 e. The zero-order valence-electron chi connectivity index (χ0n) is 14.0. The number of carbonyl (C=O) groups excluding carboxylic acids is 2. The molecule has 3 rings (SSSR count). The molecule has 0 aliphatic heterocycles. The Labute approximate surface area is 162 Å². The normalized spacial score (nSPS) is 10.6. The van der Waals surface area contributed by atoms with Gasteiger partial charge in [0.25, 0.3) is 5.56 Å². The number of benzene rings is 1. The number of nitrogens with zero attached hydrogens (tertiary/aromatic N) is 2. The Kier molecular flexibility index (Phi) is 5.48. The smallest absolute Gasteiger partial charge is 0.267 e. The molecule has 6 nitrogen and oxygen atoms in total. The van der Waals surface area contributed by atoms with Gasteiger partial charge in [0.2, 0.25) is 5.91 Å². The number of ketones is 1. The van der Waals surface area contributed by atoms with E-state index in [-0.39, 0.29) is 17.2 Å². The van der Waals surface area contributed by atoms with E-state index in [0.717, 1.165) is 15.6 Å². The fourth-order valence-corrected chi connectivity index (χ4v) is 3.40. The minimum absolute atomic E-state index is 0.192. The second kappa shape index (κ2) is 7.81. The van der Waals surface area contributed by atoms with Gasteiger partial charge in [0.15, 0.2) is 5.78 Å². The van der Waals surface area contributed by atoms with Crippen molar-refractivity contribution >= 4 is 40.3 Å². The summed E-state index contributed by atoms with van der Waals surface area (Å²) in [5.74, 6) is -1.76. The number of Topliss-reactive ketones (excluding diaryl/α,β-unsaturated/α-hetero) is 1. The maximum atomic E-state index is 14.2. The summed E-state index contributed by atoms with van der Waals surface area (Å²) in [6.45, 7) is 0.880. The molecule has 2 heterocycles. The van der Waals surface area contributed by atoms with Crippen LogP contribution in [0.1, 0.15) is 17.3 Å². The Balaban J connectivity index is 1.86. The van der Waals surface area contributed by atoms with Gasteiger partial charge in [-0.15, -0.1) is 11.3 Å². The number of carbonyl (C=O) groups is 2. The van der Waals surface area contributed by atoms with Crippen molar-refractivity contribution in [2.24, 2.45) is 0 Å². The van der Waals surface area contributed by atoms with Crippen molar-refractivity contribution in [3.63, 3.8) is 0 Å². The molecule has 0 bridgehead atoms. The molecule has 1 amide bonds. The summed E-state index contributed by atoms with van der Waals surface area (Å²) >= 11 is 7.20. The molecule has 0 spiro atoms. The zero-order chi connectivity index (χ0) is 19.6. The third-order valence-electron chi connectivity index (χ3n) is 3.58. The summed E-state index contributed by atoms with van der Waals surface area (Å²) in [7, 11) is 0. The van der Waals surface area contributed by atoms with Crippen molar-refractivity contribution in [1.29, 1.82) is 0 Å². The van der Waals surface area contributed by atoms with E-state index >= 15 is 0 Å². The highest BCUT2D eigenvalue weighted by Crippen LogP contribution is 2.29. The van der Waals surface area contributed by atoms with E-state index < -0.39 is 23.7 Å². The number of halogens is 2. The van der Waals surface area contributed by atoms with Crippen LogP contribution in [0.5, 0.6) is 0 Å². The molecule has 1 N–H and O–H groups in total. The van der Waals surface area contributed by atoms with Crippen molar-refractivity contribution in [1.82, 2.24) is 9.78 Å². The number of nitrogens with one attached hydrogen (secondary N) is 1. The lowest BCUT2D eigenvalue weighted by Gasteiger charge is -2.08. The average molecular weight is 406 g/mol. The fraction of sp³-hybridized carbons (Fsp3) is 0.111. The highest BCUT2D eigenvalue weighted by atomic mass is 35.5. The Morgan fingerprint density at radius 1 is 1.22 bits per heavy atom. The number of thiophene rings is 1. The number of hydrogen-bond donors (Lipinski definition) is 1. The van der Waals surface area contributed by atoms with E-state index in [1.807, 2.05) is 0 Å². The van der Waals surface area contributed by atoms with Crippen LogP contribution < -0.4 is 10.9 Å². The molecule has 3 aromatic rings. The van der Waals surface area contributed by atoms with Crippen molar-refractivity contribution in [2.75, 3.05) is 5.32 Å². The molecular weight excluding hydrogens is 393 g/mol. The molecule has 0 aliphatic carbocycles. The number of anilines is 1. The van der Waals surface area contributed by atoms with Crippen LogP contribution in [0.25, 0.3) is 10.6 Å². The SMILES string of the molecule is CC(=O)Nc1ccc(C(=O)Cn2nc(-c3ccc(Cl)s3)ccc2=O)c(F)c1. The van der Waals surface area contributed by atoms with Gasteiger partial charge < -0.3 is 5.32 Å². The Morgan fingerprint density at radius 2 is 2.00 bits per heavy atom. The van der Waals surface area contributed by atoms with E-state index in [9.17, 15) is 18.8 Å². The number of aromatic nitrogens is 2. The van der Waals surface area contributed by atoms with Crippen molar-refractivity contribution in [2.45, 2.75) is 13.5 Å². The molecule has 0 aliphatic rings. The Morgan fingerprint density at radius 3 is 2.63 bits per heavy atom. The van der Waals surface area contributed by atoms with Crippen LogP contribution in [0.3, 0.4) is 0 Å². The van der Waals surface area contributed by atoms with Crippen LogP contribution in [0.15, 0.2) is 47.3 Å². The average Bonchev–Trinajstić information content (AvgIpc) is 3.02. The topological polar surface area (TPSA) is 81.1 Å². The minimum Gasteiger partial charge on any atom is -0.326 e. The summed E-state index contributed by atoms with van der Waals surface area (Å²) in [5.41, 5.74) is 0.0524. The molecule has 0 saturated carbocycles. The Bertz CT molecular complexity index is 1090. The van der Waals surface area contributed by atoms with Crippen molar-refractivity contribution in [3.05, 3.63) is 68.5 Å². The first-order valence-corrected chi connectivity index (χ1v) is 8.97. The van der Waals surface area contributed by atoms with Gasteiger partial charge in [-0.25, -0.2) is 9.07 Å². The number of amides is 1. The van der Waals surface area contributed by atoms with Crippen molar-refractivity contribution in [3.8, 4) is 10.6 Å². The molecule has 0 radical (unpaired) electrons. The van der Waals surface area contributed by atoms with E-state index in [4.69, 9.17) is 11.6 Å². The van der Waals surface area contributed by atoms with E-state index in [0.29, 0.717) is 10.0 Å². The van der Waals surface area contributed by atoms with Gasteiger partial charge in [0, 0.05) is 18.7 Å². The molecule has 2 aromatic heterocycles. The van der Waals surface area contributed by atoms with Gasteiger partial charge in [0.1, 0.15) is 18.1 Å². The first-order chi connectivity index (χ1) is 12.8. The first kappa shape index (κ1) is 18.9. The van der Waals surface area contributed by atoms with Crippen LogP contribution in [-0.2, 0) is 11.3 Å². The summed E-state index contributed by atoms with van der Waals surface area (Å²) in [5, 5.41) is 6.59. The van der Waals surface area contributed by atoms with E-state index in [2.05, 4.69) is 10.4 Å². The van der Waals surface area contributed by atoms with Crippen LogP contribution in [0.2, 0.25) is 4.34 Å². The van der Waals surface area contributed by atoms with Gasteiger partial charge in [-0.2, -0.15) is 5.10 Å². The molecule has 1 aromatic carbocycles. The highest BCUT2D eigenvalue weighted by molar-refractivity contribution is 7.19. The minimum atomic E-state index is -0.791. The van der Waals surface area contributed by atoms with Gasteiger partial charge >= 0.3 is 0 Å². The molecule has 0 atom stereocenters. The molecule has 27 heavy (non-hydrogen) atoms. The summed E-state index contributed by atoms with van der Waals surface area (Å²) < 4.78 is 15.8. The van der Waals surface area contributed by atoms with Gasteiger partial charge in [-0.05, 0) is 36.4 Å². The van der Waals surface area contributed by atoms with Crippen LogP contribution in [0.4, 0.5) is 10.1 Å². The van der Waals surface area contributed by atoms with Crippen LogP contribution in [-0.4, -0.2) is 21.5 Å². The van der Waals surface area contributed by atoms with Crippen molar-refractivity contribution < 1.29 is 14.0 Å². The van der Waals surface area contributed by atoms with E-state index in [1.54, 1.807) is 12.1 Å². The molecule has 138 valence electrons. The maximum absolute atomic E-state index is 14.2. The first-order valence-electron chi connectivity index (χ1n) is 7.77. The van der Waals surface area contributed by atoms with E-state index in [1.165, 1.54) is 42.5 Å². The third-order valence-corrected chi connectivity index (χ3v) is 4.83. The molecule has 0 saturated heterocycles. The standard InChI is InChI=1S/C18H13ClFN3O3S/c1-10(24)21-11-2-3-12(13(20)8-11)15(25)9-23-18(26)7-4-14(22-23)16-5-6-17(19)27-16/h2-8H,9H2,1H3,(H,21,24). The Hall–Kier alpha value is -2.84. The van der Waals surface area contributed by atoms with Gasteiger partial charge in [-0.1, -0.05) is 11.6 Å². The number of rotatable bonds is 5. The largest absolute Gasteiger partial charge is 0.326 e. The predicted octanol–water partition coefficient (Wildman–Crippen LogP) is 3.61. The summed E-state index contributed by atoms with van der Waals surface area (Å²) in [6, 6.07) is 10.0. The zero-order valence-corrected chi connectivity index (χ0v) is 15.6. The van der Waals surface area contributed by atoms with Gasteiger partial charge in [0.05, 0.1) is 14.8 Å². The highest BCUT2D eigenvalue weighted by Gasteiger charge is 2.15. The monoisotopic (exact) mass is 405 g/mol. The second-order valence-electron chi connectivity index (χ2n) is 5.62. The quantitative estimate of drug-likeness (QED) is 0.657. The summed E-state index contributed by atoms with van der Waals surface area (Å²) in [4.78, 5) is 36.2. The predicted molar refractivity (Wildman–Crippen MR) is 102 cm³/mol. The lowest BCUT2D eigenvalue weighted by atomic mass is 10.1. The second-order valence-corrected chi connectivity index (χ2v) is 7.33. The van der Waals surface area contributed by atoms with Gasteiger partial charge in [-0.3, -0.25) is 14.4 Å². The lowest BCUT2D eigenvalue weighted by Crippen LogP contribution is -2.26. The molecule has 9 heteroatoms. The molecule has 0 fully saturated rings. The molecule has 0 unspecified atom stereocenters. The summed E-state index contributed by atoms with van der Waals surface area (Å²) in [6.07, 6.45) is 0. The van der Waals surface area contributed by atoms with Crippen LogP contribution >= 0.6 is 22.9 Å². The fourth-order valence-electron chi connectivity index (χ4n) is 2.39. The number of hydrogen-bond acceptors (Lipinski definition) is 5. The van der Waals surface area contributed by atoms with Crippen LogP contribution in [0, 0.1) is 5.82 Å². The lowest BCUT2D eigenvalue weighted by molar-refractivity contribution is -0.114. The third kappa shape index (κ3) is 4.47.